The highest BCUT2D eigenvalue weighted by Crippen LogP contribution is 2.33. The third kappa shape index (κ3) is 5.23. The van der Waals surface area contributed by atoms with Gasteiger partial charge in [0.05, 0.1) is 10.8 Å². The van der Waals surface area contributed by atoms with Gasteiger partial charge in [0.2, 0.25) is 10.0 Å². The Hall–Kier alpha value is -3.02. The third-order valence-corrected chi connectivity index (χ3v) is 7.23. The Kier molecular flexibility index (Phi) is 6.82. The van der Waals surface area contributed by atoms with Crippen molar-refractivity contribution in [1.29, 1.82) is 0 Å². The summed E-state index contributed by atoms with van der Waals surface area (Å²) in [5.41, 5.74) is 0.268. The average molecular weight is 469 g/mol. The van der Waals surface area contributed by atoms with E-state index in [-0.39, 0.29) is 36.3 Å². The molecule has 1 aromatic carbocycles. The van der Waals surface area contributed by atoms with E-state index in [0.29, 0.717) is 29.2 Å². The van der Waals surface area contributed by atoms with Gasteiger partial charge in [-0.3, -0.25) is 4.72 Å². The molecule has 1 aliphatic heterocycles. The van der Waals surface area contributed by atoms with Crippen LogP contribution in [0.3, 0.4) is 0 Å². The largest absolute Gasteiger partial charge is 0.357 e. The number of pyridine rings is 1. The number of nitroso groups, excluding NO2 is 2. The van der Waals surface area contributed by atoms with Crippen LogP contribution >= 0.6 is 0 Å². The summed E-state index contributed by atoms with van der Waals surface area (Å²) in [6.45, 7) is 1.19. The summed E-state index contributed by atoms with van der Waals surface area (Å²) in [6, 6.07) is 7.09. The maximum atomic E-state index is 13.6. The van der Waals surface area contributed by atoms with Gasteiger partial charge in [-0.1, -0.05) is 17.3 Å². The van der Waals surface area contributed by atoms with Crippen molar-refractivity contribution in [2.45, 2.75) is 37.5 Å². The van der Waals surface area contributed by atoms with Crippen LogP contribution in [-0.4, -0.2) is 43.5 Å². The number of hydrogen-bond donors (Lipinski definition) is 1. The van der Waals surface area contributed by atoms with Crippen molar-refractivity contribution in [3.8, 4) is 0 Å². The normalized spacial score (nSPS) is 15.4. The number of nitrogens with zero attached hydrogens (tertiary/aromatic N) is 4. The van der Waals surface area contributed by atoms with Gasteiger partial charge in [0, 0.05) is 41.4 Å². The van der Waals surface area contributed by atoms with Gasteiger partial charge in [0.1, 0.15) is 18.1 Å². The first-order chi connectivity index (χ1) is 15.0. The first kappa shape index (κ1) is 23.6. The number of para-hydroxylation sites is 1. The number of benzene rings is 1. The van der Waals surface area contributed by atoms with Crippen LogP contribution in [0.1, 0.15) is 30.9 Å². The molecule has 2 aromatic rings. The van der Waals surface area contributed by atoms with E-state index in [1.165, 1.54) is 43.6 Å². The minimum Gasteiger partial charge on any atom is -0.357 e. The SMILES string of the molecule is C[N+](=O)c1c(CN=O)cccc1NS(=O)(=O)C1CCN(c2cc(C(C)(F)F)ccn2)CC1. The monoisotopic (exact) mass is 468 g/mol. The molecule has 0 bridgehead atoms. The summed E-state index contributed by atoms with van der Waals surface area (Å²) in [5.74, 6) is -2.62. The molecular weight excluding hydrogens is 444 g/mol. The predicted octanol–water partition coefficient (Wildman–Crippen LogP) is 3.91. The lowest BCUT2D eigenvalue weighted by atomic mass is 10.1. The molecule has 0 radical (unpaired) electrons. The lowest BCUT2D eigenvalue weighted by Crippen LogP contribution is -2.41. The maximum Gasteiger partial charge on any atom is 0.284 e. The van der Waals surface area contributed by atoms with Crippen LogP contribution in [0.25, 0.3) is 0 Å². The van der Waals surface area contributed by atoms with Crippen molar-refractivity contribution >= 4 is 27.2 Å². The van der Waals surface area contributed by atoms with Crippen LogP contribution in [0.5, 0.6) is 0 Å². The second-order valence-corrected chi connectivity index (χ2v) is 9.68. The molecule has 1 N–H and O–H groups in total. The molecule has 0 saturated carbocycles. The van der Waals surface area contributed by atoms with Crippen molar-refractivity contribution in [3.63, 3.8) is 0 Å². The zero-order valence-corrected chi connectivity index (χ0v) is 18.5. The Morgan fingerprint density at radius 3 is 2.56 bits per heavy atom. The highest BCUT2D eigenvalue weighted by molar-refractivity contribution is 7.93. The zero-order valence-electron chi connectivity index (χ0n) is 17.7. The predicted molar refractivity (Wildman–Crippen MR) is 117 cm³/mol. The summed E-state index contributed by atoms with van der Waals surface area (Å²) in [6.07, 6.45) is 1.82. The van der Waals surface area contributed by atoms with E-state index < -0.39 is 21.2 Å². The molecule has 1 aromatic heterocycles. The number of hydrogen-bond acceptors (Lipinski definition) is 7. The van der Waals surface area contributed by atoms with E-state index >= 15 is 0 Å². The molecule has 1 aliphatic rings. The molecule has 0 aliphatic carbocycles. The summed E-state index contributed by atoms with van der Waals surface area (Å²) < 4.78 is 56.1. The molecule has 9 nitrogen and oxygen atoms in total. The number of anilines is 2. The highest BCUT2D eigenvalue weighted by Gasteiger charge is 2.33. The van der Waals surface area contributed by atoms with Crippen LogP contribution in [0, 0.1) is 9.81 Å². The van der Waals surface area contributed by atoms with Crippen molar-refractivity contribution in [2.75, 3.05) is 29.8 Å². The topological polar surface area (TPSA) is 112 Å². The summed E-state index contributed by atoms with van der Waals surface area (Å²) in [7, 11) is -2.64. The van der Waals surface area contributed by atoms with E-state index in [1.54, 1.807) is 4.90 Å². The summed E-state index contributed by atoms with van der Waals surface area (Å²) in [4.78, 5) is 28.6. The fourth-order valence-electron chi connectivity index (χ4n) is 3.74. The molecule has 1 saturated heterocycles. The van der Waals surface area contributed by atoms with Gasteiger partial charge in [0.25, 0.3) is 11.6 Å². The lowest BCUT2D eigenvalue weighted by molar-refractivity contribution is -0.428. The Balaban J connectivity index is 1.74. The Morgan fingerprint density at radius 2 is 1.97 bits per heavy atom. The number of aromatic nitrogens is 1. The van der Waals surface area contributed by atoms with Gasteiger partial charge in [-0.05, 0) is 31.0 Å². The van der Waals surface area contributed by atoms with Crippen molar-refractivity contribution in [3.05, 3.63) is 57.5 Å². The van der Waals surface area contributed by atoms with E-state index in [2.05, 4.69) is 14.9 Å². The molecule has 0 unspecified atom stereocenters. The molecule has 1 fully saturated rings. The van der Waals surface area contributed by atoms with E-state index in [1.807, 2.05) is 0 Å². The Bertz CT molecular complexity index is 1110. The molecular formula is C20H24F2N5O4S+. The van der Waals surface area contributed by atoms with Gasteiger partial charge in [-0.25, -0.2) is 22.2 Å². The van der Waals surface area contributed by atoms with Gasteiger partial charge in [0.15, 0.2) is 7.05 Å². The number of rotatable bonds is 8. The van der Waals surface area contributed by atoms with Crippen molar-refractivity contribution in [2.24, 2.45) is 5.18 Å². The van der Waals surface area contributed by atoms with Crippen molar-refractivity contribution in [1.82, 2.24) is 4.98 Å². The average Bonchev–Trinajstić information content (AvgIpc) is 2.73. The van der Waals surface area contributed by atoms with Gasteiger partial charge >= 0.3 is 0 Å². The first-order valence-corrected chi connectivity index (χ1v) is 11.5. The molecule has 2 heterocycles. The van der Waals surface area contributed by atoms with Crippen molar-refractivity contribution < 1.29 is 22.0 Å². The van der Waals surface area contributed by atoms with E-state index in [4.69, 9.17) is 0 Å². The fourth-order valence-corrected chi connectivity index (χ4v) is 5.21. The van der Waals surface area contributed by atoms with Crippen LogP contribution in [0.15, 0.2) is 41.7 Å². The number of halogens is 2. The lowest BCUT2D eigenvalue weighted by Gasteiger charge is -2.33. The van der Waals surface area contributed by atoms with Gasteiger partial charge in [-0.15, -0.1) is 0 Å². The van der Waals surface area contributed by atoms with Crippen LogP contribution < -0.4 is 9.62 Å². The minimum atomic E-state index is -3.85. The molecule has 0 atom stereocenters. The number of alkyl halides is 2. The molecule has 32 heavy (non-hydrogen) atoms. The number of sulfonamides is 1. The quantitative estimate of drug-likeness (QED) is 0.464. The molecule has 3 rings (SSSR count). The highest BCUT2D eigenvalue weighted by atomic mass is 32.2. The minimum absolute atomic E-state index is 0.0367. The molecule has 12 heteroatoms. The third-order valence-electron chi connectivity index (χ3n) is 5.38. The van der Waals surface area contributed by atoms with Gasteiger partial charge in [-0.2, -0.15) is 4.91 Å². The van der Waals surface area contributed by atoms with Crippen LogP contribution in [0.2, 0.25) is 0 Å². The second kappa shape index (κ2) is 9.23. The Morgan fingerprint density at radius 1 is 1.28 bits per heavy atom. The maximum absolute atomic E-state index is 13.6. The van der Waals surface area contributed by atoms with Gasteiger partial charge < -0.3 is 4.90 Å². The molecule has 0 spiro atoms. The fraction of sp³-hybridized carbons (Fsp3) is 0.450. The second-order valence-electron chi connectivity index (χ2n) is 7.72. The first-order valence-electron chi connectivity index (χ1n) is 9.95. The van der Waals surface area contributed by atoms with E-state index in [9.17, 15) is 27.0 Å². The summed E-state index contributed by atoms with van der Waals surface area (Å²) in [5, 5.41) is 2.04. The number of piperidine rings is 1. The van der Waals surface area contributed by atoms with Crippen LogP contribution in [0.4, 0.5) is 26.0 Å². The smallest absolute Gasteiger partial charge is 0.284 e. The Labute approximate surface area is 184 Å². The molecule has 0 amide bonds. The van der Waals surface area contributed by atoms with E-state index in [0.717, 1.165) is 6.92 Å². The standard InChI is InChI=1S/C20H24F2N5O4S/c1-20(21,22)15-6-9-23-18(12-15)27-10-7-16(8-11-27)32(30,31)25-17-5-3-4-14(13-24-28)19(17)26(2)29/h3-6,9,12,16,25H,7-8,10-11,13H2,1-2H3/q+1. The molecule has 172 valence electrons. The van der Waals surface area contributed by atoms with Crippen LogP contribution in [-0.2, 0) is 22.5 Å². The number of nitrogens with one attached hydrogen (secondary N) is 1. The zero-order chi connectivity index (χ0) is 23.5. The summed E-state index contributed by atoms with van der Waals surface area (Å²) >= 11 is 0.